The lowest BCUT2D eigenvalue weighted by Gasteiger charge is -2.31. The van der Waals surface area contributed by atoms with Gasteiger partial charge in [-0.1, -0.05) is 23.9 Å². The third-order valence-electron chi connectivity index (χ3n) is 3.86. The summed E-state index contributed by atoms with van der Waals surface area (Å²) in [5, 5.41) is 1.11. The lowest BCUT2D eigenvalue weighted by atomic mass is 9.97. The van der Waals surface area contributed by atoms with Gasteiger partial charge in [-0.3, -0.25) is 15.4 Å². The number of allylic oxidation sites excluding steroid dienone is 1. The van der Waals surface area contributed by atoms with E-state index in [4.69, 9.17) is 4.74 Å². The number of halogens is 10. The molecule has 0 aromatic heterocycles. The molecule has 0 saturated carbocycles. The van der Waals surface area contributed by atoms with E-state index >= 15 is 0 Å². The Balaban J connectivity index is 2.43. The highest BCUT2D eigenvalue weighted by atomic mass is 32.2. The Bertz CT molecular complexity index is 1000. The van der Waals surface area contributed by atoms with Crippen LogP contribution in [0.25, 0.3) is 0 Å². The number of amides is 3. The lowest BCUT2D eigenvalue weighted by molar-refractivity contribution is -0.280. The van der Waals surface area contributed by atoms with E-state index in [1.54, 1.807) is 0 Å². The number of thioether (sulfide) groups is 1. The fraction of sp³-hybridized carbons (Fsp3) is 0.312. The van der Waals surface area contributed by atoms with Crippen LogP contribution in [0.4, 0.5) is 48.7 Å². The molecule has 2 N–H and O–H groups in total. The fourth-order valence-corrected chi connectivity index (χ4v) is 3.61. The Morgan fingerprint density at radius 2 is 1.55 bits per heavy atom. The minimum Gasteiger partial charge on any atom is -0.496 e. The monoisotopic (exact) mass is 513 g/mol. The molecule has 0 bridgehead atoms. The van der Waals surface area contributed by atoms with E-state index in [0.717, 1.165) is 13.2 Å². The molecule has 33 heavy (non-hydrogen) atoms. The quantitative estimate of drug-likeness (QED) is 0.555. The largest absolute Gasteiger partial charge is 0.496 e. The van der Waals surface area contributed by atoms with Gasteiger partial charge in [0.15, 0.2) is 5.17 Å². The van der Waals surface area contributed by atoms with Crippen LogP contribution in [-0.4, -0.2) is 48.3 Å². The van der Waals surface area contributed by atoms with Gasteiger partial charge >= 0.3 is 24.6 Å². The van der Waals surface area contributed by atoms with Crippen molar-refractivity contribution in [2.45, 2.75) is 24.1 Å². The van der Waals surface area contributed by atoms with E-state index in [1.807, 2.05) is 0 Å². The zero-order valence-corrected chi connectivity index (χ0v) is 16.5. The second kappa shape index (κ2) is 8.75. The normalized spacial score (nSPS) is 17.8. The molecule has 0 unspecified atom stereocenters. The number of carbonyl (C=O) groups is 2. The maximum absolute atomic E-state index is 13.7. The van der Waals surface area contributed by atoms with Crippen LogP contribution in [0, 0.1) is 0 Å². The third kappa shape index (κ3) is 5.01. The van der Waals surface area contributed by atoms with Gasteiger partial charge in [-0.15, -0.1) is 0 Å². The Hall–Kier alpha value is -2.98. The van der Waals surface area contributed by atoms with Gasteiger partial charge in [0.05, 0.1) is 17.6 Å². The summed E-state index contributed by atoms with van der Waals surface area (Å²) in [5.41, 5.74) is -5.92. The van der Waals surface area contributed by atoms with E-state index in [0.29, 0.717) is 0 Å². The number of hydrogen-bond acceptors (Lipinski definition) is 5. The first-order valence-corrected chi connectivity index (χ1v) is 8.91. The van der Waals surface area contributed by atoms with E-state index in [-0.39, 0.29) is 11.3 Å². The number of amidine groups is 1. The number of methoxy groups -OCH3 is 1. The summed E-state index contributed by atoms with van der Waals surface area (Å²) >= 11 is -1.05. The molecule has 3 amide bonds. The van der Waals surface area contributed by atoms with Crippen molar-refractivity contribution in [2.75, 3.05) is 7.11 Å². The average Bonchev–Trinajstić information content (AvgIpc) is 3.06. The predicted molar refractivity (Wildman–Crippen MR) is 93.0 cm³/mol. The molecule has 1 aliphatic heterocycles. The maximum Gasteiger partial charge on any atom is 0.443 e. The minimum atomic E-state index is -6.58. The smallest absolute Gasteiger partial charge is 0.443 e. The highest BCUT2D eigenvalue weighted by Crippen LogP contribution is 2.59. The van der Waals surface area contributed by atoms with Gasteiger partial charge in [-0.2, -0.15) is 39.5 Å². The number of hydrogen-bond donors (Lipinski definition) is 2. The van der Waals surface area contributed by atoms with Gasteiger partial charge in [0, 0.05) is 0 Å². The highest BCUT2D eigenvalue weighted by Gasteiger charge is 2.77. The first-order valence-electron chi connectivity index (χ1n) is 8.09. The molecule has 1 heterocycles. The van der Waals surface area contributed by atoms with Crippen LogP contribution in [0.1, 0.15) is 10.4 Å². The van der Waals surface area contributed by atoms with E-state index < -0.39 is 63.7 Å². The number of rotatable bonds is 2. The number of nitrogens with zero attached hydrogens (tertiary/aromatic N) is 1. The van der Waals surface area contributed by atoms with Crippen LogP contribution in [0.3, 0.4) is 0 Å². The van der Waals surface area contributed by atoms with Crippen molar-refractivity contribution in [3.8, 4) is 5.75 Å². The minimum absolute atomic E-state index is 0.0685. The van der Waals surface area contributed by atoms with E-state index in [2.05, 4.69) is 4.99 Å². The maximum atomic E-state index is 13.7. The van der Waals surface area contributed by atoms with Crippen LogP contribution in [0.2, 0.25) is 0 Å². The summed E-state index contributed by atoms with van der Waals surface area (Å²) in [6.45, 7) is 0. The van der Waals surface area contributed by atoms with Crippen molar-refractivity contribution in [2.24, 2.45) is 4.99 Å². The van der Waals surface area contributed by atoms with Crippen LogP contribution in [-0.2, 0) is 0 Å². The average molecular weight is 513 g/mol. The topological polar surface area (TPSA) is 79.8 Å². The summed E-state index contributed by atoms with van der Waals surface area (Å²) in [4.78, 5) is 23.2. The summed E-state index contributed by atoms with van der Waals surface area (Å²) in [5.74, 6) is -5.00. The van der Waals surface area contributed by atoms with Gasteiger partial charge in [0.1, 0.15) is 5.75 Å². The van der Waals surface area contributed by atoms with Crippen molar-refractivity contribution in [1.82, 2.24) is 10.6 Å². The molecule has 6 nitrogen and oxygen atoms in total. The van der Waals surface area contributed by atoms with Crippen molar-refractivity contribution in [3.63, 3.8) is 0 Å². The Labute approximate surface area is 181 Å². The fourth-order valence-electron chi connectivity index (χ4n) is 2.46. The number of aliphatic imine (C=N–C) groups is 1. The van der Waals surface area contributed by atoms with Crippen LogP contribution in [0.5, 0.6) is 5.75 Å². The molecule has 0 aliphatic carbocycles. The van der Waals surface area contributed by atoms with Gasteiger partial charge in [-0.25, -0.2) is 14.2 Å². The molecule has 0 atom stereocenters. The molecule has 0 spiro atoms. The molecule has 0 radical (unpaired) electrons. The first kappa shape index (κ1) is 26.3. The number of imide groups is 1. The van der Waals surface area contributed by atoms with Crippen molar-refractivity contribution >= 4 is 28.9 Å². The standard InChI is InChI=1S/C16H9F10N3O3S/c1-32-7-5-3-2-4-6(7)10(30)27-11(31)28-12-29-13(15(21,22)23,16(24,25)26)9(33-12)8(17)14(18,19)20/h2-5H,1H3,(H2,27,28,29,30,31). The van der Waals surface area contributed by atoms with Crippen LogP contribution < -0.4 is 15.4 Å². The molecule has 1 aliphatic rings. The third-order valence-corrected chi connectivity index (χ3v) is 4.93. The summed E-state index contributed by atoms with van der Waals surface area (Å²) in [6.07, 6.45) is -19.4. The summed E-state index contributed by atoms with van der Waals surface area (Å²) in [6, 6.07) is 3.41. The molecule has 1 aromatic carbocycles. The van der Waals surface area contributed by atoms with Crippen molar-refractivity contribution in [3.05, 3.63) is 40.6 Å². The molecule has 0 fully saturated rings. The molecule has 2 rings (SSSR count). The van der Waals surface area contributed by atoms with Gasteiger partial charge in [0.2, 0.25) is 5.83 Å². The number of carbonyl (C=O) groups excluding carboxylic acids is 2. The molecular formula is C16H9F10N3O3S. The van der Waals surface area contributed by atoms with E-state index in [1.165, 1.54) is 28.8 Å². The van der Waals surface area contributed by atoms with Crippen LogP contribution >= 0.6 is 11.8 Å². The van der Waals surface area contributed by atoms with Crippen molar-refractivity contribution < 1.29 is 58.2 Å². The first-order chi connectivity index (χ1) is 15.0. The number of alkyl halides is 9. The SMILES string of the molecule is COc1ccccc1C(=O)NC(=O)NC1=NC(C(F)(F)F)(C(F)(F)F)C(=C(F)C(F)(F)F)S1. The Morgan fingerprint density at radius 1 is 1.00 bits per heavy atom. The molecular weight excluding hydrogens is 504 g/mol. The second-order valence-corrected chi connectivity index (χ2v) is 6.97. The van der Waals surface area contributed by atoms with Gasteiger partial charge in [0.25, 0.3) is 11.4 Å². The zero-order valence-electron chi connectivity index (χ0n) is 15.7. The second-order valence-electron chi connectivity index (χ2n) is 5.97. The van der Waals surface area contributed by atoms with Gasteiger partial charge < -0.3 is 4.74 Å². The highest BCUT2D eigenvalue weighted by molar-refractivity contribution is 8.17. The molecule has 0 saturated heterocycles. The molecule has 1 aromatic rings. The number of nitrogens with one attached hydrogen (secondary N) is 2. The number of urea groups is 1. The van der Waals surface area contributed by atoms with E-state index in [9.17, 15) is 53.5 Å². The number of para-hydroxylation sites is 1. The zero-order chi connectivity index (χ0) is 25.4. The van der Waals surface area contributed by atoms with Crippen LogP contribution in [0.15, 0.2) is 40.0 Å². The summed E-state index contributed by atoms with van der Waals surface area (Å²) < 4.78 is 136. The Morgan fingerprint density at radius 3 is 2.03 bits per heavy atom. The number of ether oxygens (including phenoxy) is 1. The molecule has 182 valence electrons. The summed E-state index contributed by atoms with van der Waals surface area (Å²) in [7, 11) is 1.15. The molecule has 17 heteroatoms. The predicted octanol–water partition coefficient (Wildman–Crippen LogP) is 4.84. The van der Waals surface area contributed by atoms with Crippen molar-refractivity contribution in [1.29, 1.82) is 0 Å². The number of benzene rings is 1. The van der Waals surface area contributed by atoms with Gasteiger partial charge in [-0.05, 0) is 12.1 Å². The Kier molecular flexibility index (Phi) is 6.97. The lowest BCUT2D eigenvalue weighted by Crippen LogP contribution is -2.55.